The third-order valence-corrected chi connectivity index (χ3v) is 5.12. The van der Waals surface area contributed by atoms with E-state index in [1.54, 1.807) is 7.11 Å². The highest BCUT2D eigenvalue weighted by Gasteiger charge is 2.43. The van der Waals surface area contributed by atoms with Gasteiger partial charge in [0.15, 0.2) is 5.82 Å². The zero-order valence-corrected chi connectivity index (χ0v) is 13.8. The van der Waals surface area contributed by atoms with Gasteiger partial charge in [-0.3, -0.25) is 0 Å². The number of nitrogens with zero attached hydrogens (tertiary/aromatic N) is 2. The summed E-state index contributed by atoms with van der Waals surface area (Å²) in [5.74, 6) is 2.40. The number of hydrogen-bond donors (Lipinski definition) is 1. The zero-order valence-electron chi connectivity index (χ0n) is 12.2. The van der Waals surface area contributed by atoms with Crippen LogP contribution >= 0.6 is 15.9 Å². The van der Waals surface area contributed by atoms with Gasteiger partial charge in [-0.1, -0.05) is 6.92 Å². The minimum atomic E-state index is -0.243. The van der Waals surface area contributed by atoms with Gasteiger partial charge in [-0.15, -0.1) is 0 Å². The van der Waals surface area contributed by atoms with Crippen LogP contribution in [0, 0.1) is 0 Å². The summed E-state index contributed by atoms with van der Waals surface area (Å²) in [4.78, 5) is 9.60. The number of aromatic nitrogens is 2. The number of anilines is 1. The Kier molecular flexibility index (Phi) is 4.00. The number of ether oxygens (including phenoxy) is 1. The quantitative estimate of drug-likeness (QED) is 0.851. The third kappa shape index (κ3) is 2.46. The Balaban J connectivity index is 1.99. The highest BCUT2D eigenvalue weighted by atomic mass is 79.9. The normalized spacial score (nSPS) is 20.6. The lowest BCUT2D eigenvalue weighted by Crippen LogP contribution is -2.38. The molecule has 0 aliphatic heterocycles. The number of rotatable bonds is 6. The van der Waals surface area contributed by atoms with E-state index in [2.05, 4.69) is 28.2 Å². The lowest BCUT2D eigenvalue weighted by atomic mass is 9.79. The first-order valence-electron chi connectivity index (χ1n) is 7.57. The van der Waals surface area contributed by atoms with Gasteiger partial charge in [0.25, 0.3) is 0 Å². The van der Waals surface area contributed by atoms with E-state index in [1.807, 2.05) is 0 Å². The van der Waals surface area contributed by atoms with E-state index in [0.717, 1.165) is 47.6 Å². The van der Waals surface area contributed by atoms with E-state index in [4.69, 9.17) is 14.7 Å². The predicted molar refractivity (Wildman–Crippen MR) is 83.0 cm³/mol. The van der Waals surface area contributed by atoms with Crippen LogP contribution in [0.3, 0.4) is 0 Å². The molecule has 1 heterocycles. The van der Waals surface area contributed by atoms with Crippen LogP contribution in [-0.4, -0.2) is 23.6 Å². The number of halogens is 1. The molecule has 2 aliphatic rings. The van der Waals surface area contributed by atoms with Gasteiger partial charge in [0.05, 0.1) is 10.2 Å². The molecule has 0 atom stereocenters. The fourth-order valence-electron chi connectivity index (χ4n) is 2.67. The molecule has 5 heteroatoms. The standard InChI is InChI=1S/C15H22BrN3O/c1-3-9-17-13-11(16)12(10-5-6-10)18-14(19-13)15(20-2)7-4-8-15/h10H,3-9H2,1-2H3,(H,17,18,19). The molecule has 0 spiro atoms. The van der Waals surface area contributed by atoms with Crippen molar-refractivity contribution in [3.63, 3.8) is 0 Å². The van der Waals surface area contributed by atoms with Crippen LogP contribution in [0.25, 0.3) is 0 Å². The van der Waals surface area contributed by atoms with Crippen molar-refractivity contribution in [2.45, 2.75) is 57.0 Å². The maximum absolute atomic E-state index is 5.75. The summed E-state index contributed by atoms with van der Waals surface area (Å²) in [6.45, 7) is 3.09. The van der Waals surface area contributed by atoms with Crippen LogP contribution in [0.15, 0.2) is 4.47 Å². The van der Waals surface area contributed by atoms with E-state index in [-0.39, 0.29) is 5.60 Å². The Labute approximate surface area is 128 Å². The second-order valence-corrected chi connectivity index (χ2v) is 6.64. The summed E-state index contributed by atoms with van der Waals surface area (Å²) in [5.41, 5.74) is 0.921. The van der Waals surface area contributed by atoms with Crippen molar-refractivity contribution in [1.82, 2.24) is 9.97 Å². The summed E-state index contributed by atoms with van der Waals surface area (Å²) in [5, 5.41) is 3.42. The molecular formula is C15H22BrN3O. The first kappa shape index (κ1) is 14.3. The van der Waals surface area contributed by atoms with Gasteiger partial charge in [-0.25, -0.2) is 9.97 Å². The molecule has 0 radical (unpaired) electrons. The van der Waals surface area contributed by atoms with Crippen molar-refractivity contribution >= 4 is 21.7 Å². The molecule has 2 saturated carbocycles. The van der Waals surface area contributed by atoms with Gasteiger partial charge in [-0.05, 0) is 54.5 Å². The lowest BCUT2D eigenvalue weighted by Gasteiger charge is -2.39. The maximum atomic E-state index is 5.75. The molecule has 1 N–H and O–H groups in total. The van der Waals surface area contributed by atoms with Gasteiger partial charge < -0.3 is 10.1 Å². The topological polar surface area (TPSA) is 47.0 Å². The molecule has 2 aliphatic carbocycles. The second-order valence-electron chi connectivity index (χ2n) is 5.85. The molecule has 2 fully saturated rings. The molecule has 0 aromatic carbocycles. The van der Waals surface area contributed by atoms with Gasteiger partial charge in [-0.2, -0.15) is 0 Å². The van der Waals surface area contributed by atoms with Crippen LogP contribution in [0.1, 0.15) is 62.9 Å². The van der Waals surface area contributed by atoms with Crippen LogP contribution in [0.2, 0.25) is 0 Å². The highest BCUT2D eigenvalue weighted by Crippen LogP contribution is 2.47. The van der Waals surface area contributed by atoms with Crippen molar-refractivity contribution in [1.29, 1.82) is 0 Å². The summed E-state index contributed by atoms with van der Waals surface area (Å²) in [6, 6.07) is 0. The zero-order chi connectivity index (χ0) is 14.2. The van der Waals surface area contributed by atoms with Crippen LogP contribution in [0.5, 0.6) is 0 Å². The fourth-order valence-corrected chi connectivity index (χ4v) is 3.31. The average Bonchev–Trinajstić information content (AvgIpc) is 3.22. The van der Waals surface area contributed by atoms with E-state index >= 15 is 0 Å². The largest absolute Gasteiger partial charge is 0.370 e. The van der Waals surface area contributed by atoms with Crippen LogP contribution in [-0.2, 0) is 10.3 Å². The van der Waals surface area contributed by atoms with Gasteiger partial charge in [0.2, 0.25) is 0 Å². The van der Waals surface area contributed by atoms with Gasteiger partial charge >= 0.3 is 0 Å². The monoisotopic (exact) mass is 339 g/mol. The van der Waals surface area contributed by atoms with Crippen molar-refractivity contribution < 1.29 is 4.74 Å². The Morgan fingerprint density at radius 1 is 1.35 bits per heavy atom. The minimum Gasteiger partial charge on any atom is -0.370 e. The summed E-state index contributed by atoms with van der Waals surface area (Å²) < 4.78 is 6.79. The molecule has 0 unspecified atom stereocenters. The number of nitrogens with one attached hydrogen (secondary N) is 1. The van der Waals surface area contributed by atoms with Crippen molar-refractivity contribution in [3.8, 4) is 0 Å². The average molecular weight is 340 g/mol. The number of hydrogen-bond acceptors (Lipinski definition) is 4. The molecule has 4 nitrogen and oxygen atoms in total. The van der Waals surface area contributed by atoms with E-state index in [9.17, 15) is 0 Å². The Morgan fingerprint density at radius 3 is 2.60 bits per heavy atom. The van der Waals surface area contributed by atoms with E-state index in [0.29, 0.717) is 5.92 Å². The highest BCUT2D eigenvalue weighted by molar-refractivity contribution is 9.10. The first-order valence-corrected chi connectivity index (χ1v) is 8.36. The number of methoxy groups -OCH3 is 1. The second kappa shape index (κ2) is 5.60. The molecule has 1 aromatic heterocycles. The molecule has 1 aromatic rings. The fraction of sp³-hybridized carbons (Fsp3) is 0.733. The summed E-state index contributed by atoms with van der Waals surface area (Å²) >= 11 is 3.69. The smallest absolute Gasteiger partial charge is 0.162 e. The van der Waals surface area contributed by atoms with E-state index in [1.165, 1.54) is 19.3 Å². The van der Waals surface area contributed by atoms with Crippen LogP contribution in [0.4, 0.5) is 5.82 Å². The molecule has 20 heavy (non-hydrogen) atoms. The van der Waals surface area contributed by atoms with Gasteiger partial charge in [0.1, 0.15) is 11.4 Å². The SMILES string of the molecule is CCCNc1nc(C2(OC)CCC2)nc(C2CC2)c1Br. The van der Waals surface area contributed by atoms with Crippen molar-refractivity contribution in [3.05, 3.63) is 16.0 Å². The molecule has 3 rings (SSSR count). The minimum absolute atomic E-state index is 0.243. The Bertz CT molecular complexity index is 493. The molecule has 0 saturated heterocycles. The lowest BCUT2D eigenvalue weighted by molar-refractivity contribution is -0.0847. The summed E-state index contributed by atoms with van der Waals surface area (Å²) in [7, 11) is 1.78. The Hall–Kier alpha value is -0.680. The third-order valence-electron chi connectivity index (χ3n) is 4.34. The molecule has 110 valence electrons. The Morgan fingerprint density at radius 2 is 2.10 bits per heavy atom. The first-order chi connectivity index (χ1) is 9.70. The predicted octanol–water partition coefficient (Wildman–Crippen LogP) is 3.96. The molecule has 0 bridgehead atoms. The van der Waals surface area contributed by atoms with E-state index < -0.39 is 0 Å². The van der Waals surface area contributed by atoms with Crippen LogP contribution < -0.4 is 5.32 Å². The van der Waals surface area contributed by atoms with Crippen molar-refractivity contribution in [2.75, 3.05) is 19.0 Å². The maximum Gasteiger partial charge on any atom is 0.162 e. The summed E-state index contributed by atoms with van der Waals surface area (Å²) in [6.07, 6.45) is 6.82. The van der Waals surface area contributed by atoms with Crippen molar-refractivity contribution in [2.24, 2.45) is 0 Å². The molecular weight excluding hydrogens is 318 g/mol. The molecule has 0 amide bonds. The van der Waals surface area contributed by atoms with Gasteiger partial charge in [0, 0.05) is 19.6 Å².